The van der Waals surface area contributed by atoms with E-state index in [4.69, 9.17) is 15.2 Å². The van der Waals surface area contributed by atoms with Gasteiger partial charge in [0, 0.05) is 6.20 Å². The standard InChI is InChI=1S/C17H29N3O4/c1-16(2,3)9-10-13(24-17(4,5)6)12(21)14(23-10)20-8-7-11(18)19-15(20)22/h7-8,10,12-14,21H,9H2,1-6H3,(H2,18,19,22)/t10-,12+,13?,14-/m1/s1. The third kappa shape index (κ3) is 4.55. The van der Waals surface area contributed by atoms with Gasteiger partial charge in [-0.25, -0.2) is 4.79 Å². The maximum Gasteiger partial charge on any atom is 0.351 e. The van der Waals surface area contributed by atoms with Crippen molar-refractivity contribution in [2.45, 2.75) is 78.1 Å². The van der Waals surface area contributed by atoms with Gasteiger partial charge in [-0.1, -0.05) is 20.8 Å². The molecule has 0 aliphatic carbocycles. The Labute approximate surface area is 142 Å². The van der Waals surface area contributed by atoms with Crippen LogP contribution in [-0.4, -0.2) is 38.6 Å². The number of aliphatic hydroxyl groups is 1. The molecule has 1 saturated heterocycles. The number of ether oxygens (including phenoxy) is 2. The van der Waals surface area contributed by atoms with Crippen molar-refractivity contribution >= 4 is 5.82 Å². The molecule has 7 nitrogen and oxygen atoms in total. The molecule has 1 unspecified atom stereocenters. The summed E-state index contributed by atoms with van der Waals surface area (Å²) in [5.41, 5.74) is 4.53. The SMILES string of the molecule is CC(C)(C)C[C@H]1O[C@@H](n2ccc(N)nc2=O)[C@@H](O)C1OC(C)(C)C. The molecule has 2 heterocycles. The van der Waals surface area contributed by atoms with Crippen molar-refractivity contribution in [3.05, 3.63) is 22.7 Å². The molecule has 1 aromatic rings. The fraction of sp³-hybridized carbons (Fsp3) is 0.765. The van der Waals surface area contributed by atoms with E-state index in [2.05, 4.69) is 25.8 Å². The number of hydrogen-bond acceptors (Lipinski definition) is 6. The predicted molar refractivity (Wildman–Crippen MR) is 91.5 cm³/mol. The van der Waals surface area contributed by atoms with Crippen molar-refractivity contribution in [2.75, 3.05) is 5.73 Å². The highest BCUT2D eigenvalue weighted by molar-refractivity contribution is 5.23. The summed E-state index contributed by atoms with van der Waals surface area (Å²) >= 11 is 0. The van der Waals surface area contributed by atoms with E-state index < -0.39 is 29.7 Å². The average Bonchev–Trinajstić information content (AvgIpc) is 2.64. The van der Waals surface area contributed by atoms with Crippen LogP contribution in [0.5, 0.6) is 0 Å². The molecule has 4 atom stereocenters. The minimum atomic E-state index is -0.973. The summed E-state index contributed by atoms with van der Waals surface area (Å²) in [6, 6.07) is 1.51. The zero-order chi connectivity index (χ0) is 18.3. The summed E-state index contributed by atoms with van der Waals surface area (Å²) in [6.07, 6.45) is -0.484. The van der Waals surface area contributed by atoms with Gasteiger partial charge in [-0.05, 0) is 38.7 Å². The normalized spacial score (nSPS) is 28.3. The Morgan fingerprint density at radius 2 is 1.96 bits per heavy atom. The lowest BCUT2D eigenvalue weighted by atomic mass is 9.87. The van der Waals surface area contributed by atoms with Gasteiger partial charge in [0.2, 0.25) is 0 Å². The number of aliphatic hydroxyl groups excluding tert-OH is 1. The third-order valence-corrected chi connectivity index (χ3v) is 3.74. The molecular formula is C17H29N3O4. The maximum absolute atomic E-state index is 12.1. The average molecular weight is 339 g/mol. The van der Waals surface area contributed by atoms with Gasteiger partial charge in [0.15, 0.2) is 6.23 Å². The van der Waals surface area contributed by atoms with Crippen LogP contribution in [0, 0.1) is 5.41 Å². The van der Waals surface area contributed by atoms with Crippen LogP contribution < -0.4 is 11.4 Å². The van der Waals surface area contributed by atoms with E-state index >= 15 is 0 Å². The smallest absolute Gasteiger partial charge is 0.351 e. The summed E-state index contributed by atoms with van der Waals surface area (Å²) in [7, 11) is 0. The Kier molecular flexibility index (Phi) is 5.09. The summed E-state index contributed by atoms with van der Waals surface area (Å²) in [5, 5.41) is 10.8. The summed E-state index contributed by atoms with van der Waals surface area (Å²) < 4.78 is 13.3. The molecule has 0 amide bonds. The van der Waals surface area contributed by atoms with Crippen LogP contribution >= 0.6 is 0 Å². The van der Waals surface area contributed by atoms with Crippen molar-refractivity contribution in [3.63, 3.8) is 0 Å². The van der Waals surface area contributed by atoms with Crippen LogP contribution in [0.4, 0.5) is 5.82 Å². The topological polar surface area (TPSA) is 99.6 Å². The molecule has 1 aliphatic rings. The largest absolute Gasteiger partial charge is 0.386 e. The monoisotopic (exact) mass is 339 g/mol. The lowest BCUT2D eigenvalue weighted by Crippen LogP contribution is -2.42. The molecule has 0 spiro atoms. The van der Waals surface area contributed by atoms with E-state index in [0.29, 0.717) is 6.42 Å². The lowest BCUT2D eigenvalue weighted by Gasteiger charge is -2.32. The Hall–Kier alpha value is -1.44. The van der Waals surface area contributed by atoms with Gasteiger partial charge in [-0.15, -0.1) is 0 Å². The first-order chi connectivity index (χ1) is 10.9. The second-order valence-corrected chi connectivity index (χ2v) is 8.56. The molecule has 0 radical (unpaired) electrons. The summed E-state index contributed by atoms with van der Waals surface area (Å²) in [5.74, 6) is 0.137. The molecule has 0 bridgehead atoms. The Balaban J connectivity index is 2.33. The quantitative estimate of drug-likeness (QED) is 0.869. The molecule has 1 aromatic heterocycles. The third-order valence-electron chi connectivity index (χ3n) is 3.74. The molecule has 24 heavy (non-hydrogen) atoms. The zero-order valence-electron chi connectivity index (χ0n) is 15.3. The molecule has 136 valence electrons. The molecule has 3 N–H and O–H groups in total. The fourth-order valence-electron chi connectivity index (χ4n) is 2.89. The van der Waals surface area contributed by atoms with Crippen LogP contribution in [0.2, 0.25) is 0 Å². The second kappa shape index (κ2) is 6.46. The van der Waals surface area contributed by atoms with E-state index in [1.165, 1.54) is 16.8 Å². The number of nitrogens with zero attached hydrogens (tertiary/aromatic N) is 2. The van der Waals surface area contributed by atoms with Gasteiger partial charge in [0.05, 0.1) is 11.7 Å². The lowest BCUT2D eigenvalue weighted by molar-refractivity contribution is -0.117. The van der Waals surface area contributed by atoms with Crippen molar-refractivity contribution < 1.29 is 14.6 Å². The fourth-order valence-corrected chi connectivity index (χ4v) is 2.89. The van der Waals surface area contributed by atoms with E-state index in [0.717, 1.165) is 0 Å². The highest BCUT2D eigenvalue weighted by Crippen LogP contribution is 2.38. The minimum absolute atomic E-state index is 0.0108. The maximum atomic E-state index is 12.1. The first-order valence-corrected chi connectivity index (χ1v) is 8.23. The summed E-state index contributed by atoms with van der Waals surface area (Å²) in [4.78, 5) is 15.8. The van der Waals surface area contributed by atoms with Gasteiger partial charge in [0.1, 0.15) is 18.0 Å². The highest BCUT2D eigenvalue weighted by Gasteiger charge is 2.48. The number of rotatable bonds is 3. The molecule has 7 heteroatoms. The highest BCUT2D eigenvalue weighted by atomic mass is 16.6. The Morgan fingerprint density at radius 1 is 1.33 bits per heavy atom. The molecular weight excluding hydrogens is 310 g/mol. The van der Waals surface area contributed by atoms with Crippen LogP contribution in [0.25, 0.3) is 0 Å². The molecule has 0 aromatic carbocycles. The van der Waals surface area contributed by atoms with E-state index in [-0.39, 0.29) is 17.3 Å². The number of anilines is 1. The van der Waals surface area contributed by atoms with Crippen LogP contribution in [0.3, 0.4) is 0 Å². The number of aromatic nitrogens is 2. The zero-order valence-corrected chi connectivity index (χ0v) is 15.3. The van der Waals surface area contributed by atoms with Crippen LogP contribution in [0.15, 0.2) is 17.1 Å². The molecule has 1 aliphatic heterocycles. The first kappa shape index (κ1) is 18.9. The molecule has 2 rings (SSSR count). The number of hydrogen-bond donors (Lipinski definition) is 2. The Bertz CT molecular complexity index is 630. The molecule has 1 fully saturated rings. The minimum Gasteiger partial charge on any atom is -0.386 e. The van der Waals surface area contributed by atoms with E-state index in [9.17, 15) is 9.90 Å². The van der Waals surface area contributed by atoms with Crippen molar-refractivity contribution in [3.8, 4) is 0 Å². The van der Waals surface area contributed by atoms with Gasteiger partial charge in [0.25, 0.3) is 0 Å². The number of nitrogens with two attached hydrogens (primary N) is 1. The first-order valence-electron chi connectivity index (χ1n) is 8.23. The van der Waals surface area contributed by atoms with Crippen molar-refractivity contribution in [1.82, 2.24) is 9.55 Å². The summed E-state index contributed by atoms with van der Waals surface area (Å²) in [6.45, 7) is 12.1. The van der Waals surface area contributed by atoms with Gasteiger partial charge in [-0.2, -0.15) is 4.98 Å². The van der Waals surface area contributed by atoms with Crippen LogP contribution in [-0.2, 0) is 9.47 Å². The Morgan fingerprint density at radius 3 is 2.46 bits per heavy atom. The number of nitrogen functional groups attached to an aromatic ring is 1. The van der Waals surface area contributed by atoms with Crippen LogP contribution in [0.1, 0.15) is 54.2 Å². The van der Waals surface area contributed by atoms with Gasteiger partial charge >= 0.3 is 5.69 Å². The molecule has 0 saturated carbocycles. The second-order valence-electron chi connectivity index (χ2n) is 8.56. The van der Waals surface area contributed by atoms with E-state index in [1.54, 1.807) is 0 Å². The van der Waals surface area contributed by atoms with E-state index in [1.807, 2.05) is 20.8 Å². The van der Waals surface area contributed by atoms with Gasteiger partial charge < -0.3 is 20.3 Å². The van der Waals surface area contributed by atoms with Crippen molar-refractivity contribution in [1.29, 1.82) is 0 Å². The predicted octanol–water partition coefficient (Wildman–Crippen LogP) is 1.70. The van der Waals surface area contributed by atoms with Gasteiger partial charge in [-0.3, -0.25) is 4.57 Å². The van der Waals surface area contributed by atoms with Crippen molar-refractivity contribution in [2.24, 2.45) is 5.41 Å².